The van der Waals surface area contributed by atoms with Crippen LogP contribution in [-0.2, 0) is 10.3 Å². The summed E-state index contributed by atoms with van der Waals surface area (Å²) in [5.74, 6) is 2.66. The van der Waals surface area contributed by atoms with Gasteiger partial charge in [-0.3, -0.25) is 0 Å². The van der Waals surface area contributed by atoms with Crippen molar-refractivity contribution in [3.05, 3.63) is 107 Å². The normalized spacial score (nSPS) is 11.0. The van der Waals surface area contributed by atoms with Gasteiger partial charge in [0.25, 0.3) is 0 Å². The number of hydrogen-bond donors (Lipinski definition) is 0. The first kappa shape index (κ1) is 15.1. The third-order valence-electron chi connectivity index (χ3n) is 4.12. The molecule has 112 valence electrons. The van der Waals surface area contributed by atoms with Crippen LogP contribution in [0.25, 0.3) is 0 Å². The molecule has 0 saturated heterocycles. The highest BCUT2D eigenvalue weighted by molar-refractivity contribution is 5.49. The molecule has 3 aromatic rings. The molecule has 23 heavy (non-hydrogen) atoms. The SMILES string of the molecule is C#Cc1ccc(C(OC)(c2ccccc2)c2ccccc2)cc1. The Morgan fingerprint density at radius 1 is 0.696 bits per heavy atom. The lowest BCUT2D eigenvalue weighted by molar-refractivity contribution is 0.0585. The van der Waals surface area contributed by atoms with Crippen molar-refractivity contribution in [2.45, 2.75) is 5.60 Å². The van der Waals surface area contributed by atoms with Crippen LogP contribution in [0.1, 0.15) is 22.3 Å². The molecule has 3 rings (SSSR count). The third-order valence-corrected chi connectivity index (χ3v) is 4.12. The van der Waals surface area contributed by atoms with Crippen LogP contribution in [0.3, 0.4) is 0 Å². The van der Waals surface area contributed by atoms with E-state index in [-0.39, 0.29) is 0 Å². The van der Waals surface area contributed by atoms with E-state index in [1.807, 2.05) is 60.7 Å². The van der Waals surface area contributed by atoms with Crippen molar-refractivity contribution < 1.29 is 4.74 Å². The summed E-state index contributed by atoms with van der Waals surface area (Å²) in [7, 11) is 1.75. The van der Waals surface area contributed by atoms with Crippen LogP contribution >= 0.6 is 0 Å². The summed E-state index contributed by atoms with van der Waals surface area (Å²) in [5.41, 5.74) is 3.43. The highest BCUT2D eigenvalue weighted by atomic mass is 16.5. The van der Waals surface area contributed by atoms with Gasteiger partial charge in [-0.1, -0.05) is 78.7 Å². The fourth-order valence-corrected chi connectivity index (χ4v) is 3.00. The second-order valence-corrected chi connectivity index (χ2v) is 5.34. The summed E-state index contributed by atoms with van der Waals surface area (Å²) in [6.07, 6.45) is 5.48. The summed E-state index contributed by atoms with van der Waals surface area (Å²) in [6.45, 7) is 0. The average molecular weight is 298 g/mol. The van der Waals surface area contributed by atoms with E-state index in [9.17, 15) is 0 Å². The van der Waals surface area contributed by atoms with Gasteiger partial charge in [-0.05, 0) is 28.8 Å². The zero-order valence-electron chi connectivity index (χ0n) is 13.1. The number of terminal acetylenes is 1. The topological polar surface area (TPSA) is 9.23 Å². The largest absolute Gasteiger partial charge is 0.364 e. The Morgan fingerprint density at radius 2 is 1.13 bits per heavy atom. The van der Waals surface area contributed by atoms with Crippen LogP contribution in [0.2, 0.25) is 0 Å². The zero-order valence-corrected chi connectivity index (χ0v) is 13.1. The lowest BCUT2D eigenvalue weighted by Gasteiger charge is -2.34. The minimum atomic E-state index is -0.657. The number of benzene rings is 3. The van der Waals surface area contributed by atoms with Crippen LogP contribution < -0.4 is 0 Å². The maximum atomic E-state index is 6.12. The molecule has 0 aliphatic heterocycles. The van der Waals surface area contributed by atoms with E-state index >= 15 is 0 Å². The first-order valence-electron chi connectivity index (χ1n) is 7.54. The third kappa shape index (κ3) is 2.65. The molecule has 1 nitrogen and oxygen atoms in total. The van der Waals surface area contributed by atoms with Gasteiger partial charge in [0.2, 0.25) is 0 Å². The Bertz CT molecular complexity index is 757. The maximum absolute atomic E-state index is 6.12. The molecule has 0 atom stereocenters. The molecule has 0 amide bonds. The molecule has 0 aliphatic rings. The Hall–Kier alpha value is -2.82. The maximum Gasteiger partial charge on any atom is 0.143 e. The highest BCUT2D eigenvalue weighted by Crippen LogP contribution is 2.39. The molecule has 0 aromatic heterocycles. The molecule has 0 bridgehead atoms. The van der Waals surface area contributed by atoms with Crippen molar-refractivity contribution in [2.75, 3.05) is 7.11 Å². The summed E-state index contributed by atoms with van der Waals surface area (Å²) >= 11 is 0. The van der Waals surface area contributed by atoms with Gasteiger partial charge in [0.1, 0.15) is 5.60 Å². The van der Waals surface area contributed by atoms with Gasteiger partial charge in [0, 0.05) is 12.7 Å². The molecule has 1 heteroatoms. The molecule has 3 aromatic carbocycles. The van der Waals surface area contributed by atoms with Crippen LogP contribution in [0.5, 0.6) is 0 Å². The Kier molecular flexibility index (Phi) is 4.28. The Labute approximate surface area is 137 Å². The van der Waals surface area contributed by atoms with Crippen LogP contribution in [0.4, 0.5) is 0 Å². The molecular weight excluding hydrogens is 280 g/mol. The summed E-state index contributed by atoms with van der Waals surface area (Å²) in [6, 6.07) is 28.5. The number of ether oxygens (including phenoxy) is 1. The van der Waals surface area contributed by atoms with Gasteiger partial charge in [-0.25, -0.2) is 0 Å². The van der Waals surface area contributed by atoms with Gasteiger partial charge in [-0.15, -0.1) is 6.42 Å². The van der Waals surface area contributed by atoms with E-state index in [2.05, 4.69) is 30.2 Å². The van der Waals surface area contributed by atoms with Crippen LogP contribution in [0.15, 0.2) is 84.9 Å². The fourth-order valence-electron chi connectivity index (χ4n) is 3.00. The molecule has 0 saturated carbocycles. The molecule has 0 aliphatic carbocycles. The highest BCUT2D eigenvalue weighted by Gasteiger charge is 2.36. The number of methoxy groups -OCH3 is 1. The fraction of sp³-hybridized carbons (Fsp3) is 0.0909. The minimum absolute atomic E-state index is 0.657. The minimum Gasteiger partial charge on any atom is -0.364 e. The Balaban J connectivity index is 2.26. The van der Waals surface area contributed by atoms with Crippen molar-refractivity contribution in [1.82, 2.24) is 0 Å². The zero-order chi connectivity index (χ0) is 16.1. The van der Waals surface area contributed by atoms with Crippen LogP contribution in [-0.4, -0.2) is 7.11 Å². The lowest BCUT2D eigenvalue weighted by atomic mass is 9.80. The summed E-state index contributed by atoms with van der Waals surface area (Å²) < 4.78 is 6.12. The van der Waals surface area contributed by atoms with Crippen molar-refractivity contribution in [3.63, 3.8) is 0 Å². The van der Waals surface area contributed by atoms with Gasteiger partial charge in [0.15, 0.2) is 0 Å². The first-order chi connectivity index (χ1) is 11.3. The van der Waals surface area contributed by atoms with E-state index in [1.54, 1.807) is 7.11 Å². The average Bonchev–Trinajstić information content (AvgIpc) is 2.65. The van der Waals surface area contributed by atoms with E-state index in [1.165, 1.54) is 0 Å². The monoisotopic (exact) mass is 298 g/mol. The summed E-state index contributed by atoms with van der Waals surface area (Å²) in [5, 5.41) is 0. The molecule has 0 radical (unpaired) electrons. The predicted octanol–water partition coefficient (Wildman–Crippen LogP) is 4.61. The first-order valence-corrected chi connectivity index (χ1v) is 7.54. The molecule has 0 fully saturated rings. The van der Waals surface area contributed by atoms with Gasteiger partial charge >= 0.3 is 0 Å². The van der Waals surface area contributed by atoms with E-state index in [0.717, 1.165) is 22.3 Å². The predicted molar refractivity (Wildman–Crippen MR) is 94.2 cm³/mol. The van der Waals surface area contributed by atoms with E-state index in [4.69, 9.17) is 11.2 Å². The van der Waals surface area contributed by atoms with Crippen molar-refractivity contribution in [1.29, 1.82) is 0 Å². The quantitative estimate of drug-likeness (QED) is 0.505. The number of hydrogen-bond acceptors (Lipinski definition) is 1. The van der Waals surface area contributed by atoms with Crippen molar-refractivity contribution in [2.24, 2.45) is 0 Å². The van der Waals surface area contributed by atoms with Crippen LogP contribution in [0, 0.1) is 12.3 Å². The standard InChI is InChI=1S/C22H18O/c1-3-18-14-16-21(17-15-18)22(23-2,19-10-6-4-7-11-19)20-12-8-5-9-13-20/h1,4-17H,2H3. The smallest absolute Gasteiger partial charge is 0.143 e. The Morgan fingerprint density at radius 3 is 1.52 bits per heavy atom. The van der Waals surface area contributed by atoms with Gasteiger partial charge in [-0.2, -0.15) is 0 Å². The van der Waals surface area contributed by atoms with E-state index < -0.39 is 5.60 Å². The van der Waals surface area contributed by atoms with Crippen molar-refractivity contribution >= 4 is 0 Å². The molecule has 0 heterocycles. The molecular formula is C22H18O. The lowest BCUT2D eigenvalue weighted by Crippen LogP contribution is -2.31. The van der Waals surface area contributed by atoms with Gasteiger partial charge < -0.3 is 4.74 Å². The second kappa shape index (κ2) is 6.52. The van der Waals surface area contributed by atoms with E-state index in [0.29, 0.717) is 0 Å². The number of rotatable bonds is 4. The molecule has 0 N–H and O–H groups in total. The molecule has 0 spiro atoms. The molecule has 0 unspecified atom stereocenters. The second-order valence-electron chi connectivity index (χ2n) is 5.34. The van der Waals surface area contributed by atoms with Gasteiger partial charge in [0.05, 0.1) is 0 Å². The van der Waals surface area contributed by atoms with Crippen molar-refractivity contribution in [3.8, 4) is 12.3 Å². The summed E-state index contributed by atoms with van der Waals surface area (Å²) in [4.78, 5) is 0.